The van der Waals surface area contributed by atoms with Crippen molar-refractivity contribution in [1.82, 2.24) is 0 Å². The fourth-order valence-electron chi connectivity index (χ4n) is 0.628. The molecule has 72 valence electrons. The molecule has 3 heteroatoms. The highest BCUT2D eigenvalue weighted by Gasteiger charge is 2.05. The summed E-state index contributed by atoms with van der Waals surface area (Å²) in [6.45, 7) is 7.82. The molecule has 0 rings (SSSR count). The summed E-state index contributed by atoms with van der Waals surface area (Å²) >= 11 is 0. The minimum Gasteiger partial charge on any atom is -0.438 e. The van der Waals surface area contributed by atoms with Crippen molar-refractivity contribution in [2.75, 3.05) is 6.79 Å². The van der Waals surface area contributed by atoms with Crippen molar-refractivity contribution < 1.29 is 14.3 Å². The van der Waals surface area contributed by atoms with E-state index >= 15 is 0 Å². The lowest BCUT2D eigenvalue weighted by atomic mass is 10.1. The molecule has 0 bridgehead atoms. The first-order chi connectivity index (χ1) is 5.52. The molecule has 12 heavy (non-hydrogen) atoms. The van der Waals surface area contributed by atoms with Crippen LogP contribution in [0, 0.1) is 5.92 Å². The average Bonchev–Trinajstić information content (AvgIpc) is 1.84. The van der Waals surface area contributed by atoms with E-state index in [4.69, 9.17) is 9.47 Å². The highest BCUT2D eigenvalue weighted by Crippen LogP contribution is 2.01. The Labute approximate surface area is 74.0 Å². The lowest BCUT2D eigenvalue weighted by Gasteiger charge is -2.09. The molecule has 0 saturated heterocycles. The van der Waals surface area contributed by atoms with Crippen LogP contribution >= 0.6 is 0 Å². The molecule has 0 aliphatic heterocycles. The van der Waals surface area contributed by atoms with Crippen LogP contribution < -0.4 is 0 Å². The SMILES string of the molecule is CC(C)CC(=O)OCOC(C)C. The second-order valence-corrected chi connectivity index (χ2v) is 3.45. The maximum Gasteiger partial charge on any atom is 0.308 e. The normalized spacial score (nSPS) is 10.8. The fourth-order valence-corrected chi connectivity index (χ4v) is 0.628. The van der Waals surface area contributed by atoms with Gasteiger partial charge >= 0.3 is 5.97 Å². The molecule has 0 N–H and O–H groups in total. The third-order valence-corrected chi connectivity index (χ3v) is 1.20. The van der Waals surface area contributed by atoms with Gasteiger partial charge in [-0.15, -0.1) is 0 Å². The van der Waals surface area contributed by atoms with Crippen LogP contribution in [0.25, 0.3) is 0 Å². The molecular formula is C9H18O3. The molecule has 0 aliphatic rings. The Bertz CT molecular complexity index is 130. The first kappa shape index (κ1) is 11.4. The van der Waals surface area contributed by atoms with Crippen LogP contribution in [0.4, 0.5) is 0 Å². The standard InChI is InChI=1S/C9H18O3/c1-7(2)5-9(10)12-6-11-8(3)4/h7-8H,5-6H2,1-4H3. The third kappa shape index (κ3) is 7.54. The molecule has 0 unspecified atom stereocenters. The summed E-state index contributed by atoms with van der Waals surface area (Å²) in [5.41, 5.74) is 0. The summed E-state index contributed by atoms with van der Waals surface area (Å²) < 4.78 is 9.85. The van der Waals surface area contributed by atoms with Crippen LogP contribution in [0.3, 0.4) is 0 Å². The third-order valence-electron chi connectivity index (χ3n) is 1.20. The summed E-state index contributed by atoms with van der Waals surface area (Å²) in [5, 5.41) is 0. The Hall–Kier alpha value is -0.570. The molecule has 3 nitrogen and oxygen atoms in total. The van der Waals surface area contributed by atoms with Crippen molar-refractivity contribution in [2.45, 2.75) is 40.2 Å². The van der Waals surface area contributed by atoms with Crippen molar-refractivity contribution in [3.05, 3.63) is 0 Å². The summed E-state index contributed by atoms with van der Waals surface area (Å²) in [6.07, 6.45) is 0.568. The number of hydrogen-bond donors (Lipinski definition) is 0. The van der Waals surface area contributed by atoms with E-state index in [-0.39, 0.29) is 18.9 Å². The minimum atomic E-state index is -0.189. The predicted octanol–water partition coefficient (Wildman–Crippen LogP) is 1.96. The Morgan fingerprint density at radius 2 is 1.83 bits per heavy atom. The molecule has 0 aromatic carbocycles. The Kier molecular flexibility index (Phi) is 5.72. The van der Waals surface area contributed by atoms with E-state index in [0.29, 0.717) is 12.3 Å². The zero-order valence-electron chi connectivity index (χ0n) is 8.29. The van der Waals surface area contributed by atoms with E-state index in [2.05, 4.69) is 0 Å². The van der Waals surface area contributed by atoms with Gasteiger partial charge in [-0.25, -0.2) is 0 Å². The van der Waals surface area contributed by atoms with Gasteiger partial charge in [-0.05, 0) is 19.8 Å². The number of hydrogen-bond acceptors (Lipinski definition) is 3. The number of esters is 1. The van der Waals surface area contributed by atoms with Crippen molar-refractivity contribution in [2.24, 2.45) is 5.92 Å². The zero-order chi connectivity index (χ0) is 9.56. The quantitative estimate of drug-likeness (QED) is 0.472. The molecule has 0 heterocycles. The van der Waals surface area contributed by atoms with E-state index in [0.717, 1.165) is 0 Å². The first-order valence-corrected chi connectivity index (χ1v) is 4.29. The van der Waals surface area contributed by atoms with Crippen molar-refractivity contribution in [3.8, 4) is 0 Å². The maximum absolute atomic E-state index is 10.9. The first-order valence-electron chi connectivity index (χ1n) is 4.29. The molecule has 0 aromatic heterocycles. The lowest BCUT2D eigenvalue weighted by Crippen LogP contribution is -2.13. The van der Waals surface area contributed by atoms with Gasteiger partial charge in [0.2, 0.25) is 0 Å². The number of carbonyl (C=O) groups is 1. The van der Waals surface area contributed by atoms with Crippen LogP contribution in [0.5, 0.6) is 0 Å². The topological polar surface area (TPSA) is 35.5 Å². The van der Waals surface area contributed by atoms with Crippen molar-refractivity contribution in [3.63, 3.8) is 0 Å². The van der Waals surface area contributed by atoms with Crippen molar-refractivity contribution >= 4 is 5.97 Å². The predicted molar refractivity (Wildman–Crippen MR) is 46.6 cm³/mol. The fraction of sp³-hybridized carbons (Fsp3) is 0.889. The van der Waals surface area contributed by atoms with E-state index < -0.39 is 0 Å². The monoisotopic (exact) mass is 174 g/mol. The largest absolute Gasteiger partial charge is 0.438 e. The highest BCUT2D eigenvalue weighted by atomic mass is 16.7. The number of rotatable bonds is 5. The molecule has 0 spiro atoms. The minimum absolute atomic E-state index is 0.0726. The molecule has 0 atom stereocenters. The molecule has 0 aromatic rings. The zero-order valence-corrected chi connectivity index (χ0v) is 8.29. The van der Waals surface area contributed by atoms with Crippen LogP contribution in [-0.4, -0.2) is 18.9 Å². The Morgan fingerprint density at radius 1 is 1.25 bits per heavy atom. The van der Waals surface area contributed by atoms with Gasteiger partial charge in [0, 0.05) is 6.42 Å². The summed E-state index contributed by atoms with van der Waals surface area (Å²) in [4.78, 5) is 10.9. The van der Waals surface area contributed by atoms with Gasteiger partial charge in [0.05, 0.1) is 6.10 Å². The Balaban J connectivity index is 3.32. The van der Waals surface area contributed by atoms with Crippen LogP contribution in [-0.2, 0) is 14.3 Å². The second-order valence-electron chi connectivity index (χ2n) is 3.45. The summed E-state index contributed by atoms with van der Waals surface area (Å²) in [7, 11) is 0. The van der Waals surface area contributed by atoms with Crippen molar-refractivity contribution in [1.29, 1.82) is 0 Å². The van der Waals surface area contributed by atoms with E-state index in [1.54, 1.807) is 0 Å². The van der Waals surface area contributed by atoms with Gasteiger partial charge < -0.3 is 9.47 Å². The van der Waals surface area contributed by atoms with Crippen LogP contribution in [0.15, 0.2) is 0 Å². The van der Waals surface area contributed by atoms with Gasteiger partial charge in [0.1, 0.15) is 0 Å². The summed E-state index contributed by atoms with van der Waals surface area (Å²) in [6, 6.07) is 0. The molecule has 0 saturated carbocycles. The second kappa shape index (κ2) is 6.00. The molecular weight excluding hydrogens is 156 g/mol. The van der Waals surface area contributed by atoms with E-state index in [1.807, 2.05) is 27.7 Å². The molecule has 0 aliphatic carbocycles. The smallest absolute Gasteiger partial charge is 0.308 e. The van der Waals surface area contributed by atoms with E-state index in [9.17, 15) is 4.79 Å². The van der Waals surface area contributed by atoms with Gasteiger partial charge in [0.25, 0.3) is 0 Å². The van der Waals surface area contributed by atoms with Crippen LogP contribution in [0.1, 0.15) is 34.1 Å². The van der Waals surface area contributed by atoms with Gasteiger partial charge in [-0.2, -0.15) is 0 Å². The molecule has 0 amide bonds. The van der Waals surface area contributed by atoms with E-state index in [1.165, 1.54) is 0 Å². The van der Waals surface area contributed by atoms with Gasteiger partial charge in [-0.1, -0.05) is 13.8 Å². The van der Waals surface area contributed by atoms with Gasteiger partial charge in [-0.3, -0.25) is 4.79 Å². The van der Waals surface area contributed by atoms with Gasteiger partial charge in [0.15, 0.2) is 6.79 Å². The Morgan fingerprint density at radius 3 is 2.25 bits per heavy atom. The summed E-state index contributed by atoms with van der Waals surface area (Å²) in [5.74, 6) is 0.155. The van der Waals surface area contributed by atoms with Crippen LogP contribution in [0.2, 0.25) is 0 Å². The molecule has 0 radical (unpaired) electrons. The number of carbonyl (C=O) groups excluding carboxylic acids is 1. The highest BCUT2D eigenvalue weighted by molar-refractivity contribution is 5.69. The molecule has 0 fully saturated rings. The average molecular weight is 174 g/mol. The maximum atomic E-state index is 10.9. The number of ether oxygens (including phenoxy) is 2. The lowest BCUT2D eigenvalue weighted by molar-refractivity contribution is -0.160.